The summed E-state index contributed by atoms with van der Waals surface area (Å²) in [4.78, 5) is 0. The molecule has 0 aromatic heterocycles. The van der Waals surface area contributed by atoms with E-state index in [0.717, 1.165) is 42.3 Å². The summed E-state index contributed by atoms with van der Waals surface area (Å²) in [7, 11) is 0. The molecule has 1 aliphatic rings. The van der Waals surface area contributed by atoms with E-state index in [9.17, 15) is 0 Å². The first-order valence-electron chi connectivity index (χ1n) is 7.55. The Morgan fingerprint density at radius 2 is 2.10 bits per heavy atom. The molecule has 0 N–H and O–H groups in total. The van der Waals surface area contributed by atoms with Gasteiger partial charge in [-0.05, 0) is 75.4 Å². The van der Waals surface area contributed by atoms with Crippen LogP contribution >= 0.6 is 31.9 Å². The van der Waals surface area contributed by atoms with Crippen LogP contribution in [0.4, 0.5) is 0 Å². The van der Waals surface area contributed by atoms with Crippen molar-refractivity contribution in [3.8, 4) is 0 Å². The van der Waals surface area contributed by atoms with Crippen LogP contribution in [0.1, 0.15) is 43.6 Å². The second-order valence-electron chi connectivity index (χ2n) is 5.29. The molecule has 1 aliphatic heterocycles. The van der Waals surface area contributed by atoms with E-state index in [2.05, 4.69) is 68.3 Å². The van der Waals surface area contributed by atoms with E-state index >= 15 is 0 Å². The number of benzene rings is 1. The van der Waals surface area contributed by atoms with Crippen molar-refractivity contribution in [3.63, 3.8) is 0 Å². The third kappa shape index (κ3) is 6.64. The minimum atomic E-state index is 0.00799. The van der Waals surface area contributed by atoms with Crippen molar-refractivity contribution in [2.75, 3.05) is 13.2 Å². The molecule has 1 aromatic rings. The number of hydrogen-bond acceptors (Lipinski definition) is 2. The summed E-state index contributed by atoms with van der Waals surface area (Å²) in [6.07, 6.45) is 7.58. The highest BCUT2D eigenvalue weighted by Crippen LogP contribution is 2.27. The first-order valence-corrected chi connectivity index (χ1v) is 9.13. The minimum absolute atomic E-state index is 0.00799. The maximum atomic E-state index is 5.88. The van der Waals surface area contributed by atoms with E-state index in [1.54, 1.807) is 0 Å². The van der Waals surface area contributed by atoms with Gasteiger partial charge >= 0.3 is 0 Å². The van der Waals surface area contributed by atoms with Crippen LogP contribution in [0.3, 0.4) is 0 Å². The smallest absolute Gasteiger partial charge is 0.157 e. The van der Waals surface area contributed by atoms with Gasteiger partial charge in [-0.25, -0.2) is 0 Å². The van der Waals surface area contributed by atoms with Gasteiger partial charge in [0.15, 0.2) is 6.29 Å². The number of halogens is 2. The summed E-state index contributed by atoms with van der Waals surface area (Å²) < 4.78 is 12.5. The van der Waals surface area contributed by atoms with Gasteiger partial charge in [-0.3, -0.25) is 0 Å². The van der Waals surface area contributed by atoms with Gasteiger partial charge in [0.1, 0.15) is 0 Å². The lowest BCUT2D eigenvalue weighted by Crippen LogP contribution is -2.23. The Morgan fingerprint density at radius 3 is 2.76 bits per heavy atom. The van der Waals surface area contributed by atoms with Crippen LogP contribution in [0.25, 0.3) is 0 Å². The van der Waals surface area contributed by atoms with Gasteiger partial charge in [0.25, 0.3) is 0 Å². The van der Waals surface area contributed by atoms with E-state index in [1.807, 2.05) is 0 Å². The van der Waals surface area contributed by atoms with Crippen molar-refractivity contribution >= 4 is 31.9 Å². The van der Waals surface area contributed by atoms with Crippen molar-refractivity contribution in [1.82, 2.24) is 0 Å². The number of hydrogen-bond donors (Lipinski definition) is 0. The summed E-state index contributed by atoms with van der Waals surface area (Å²) in [6, 6.07) is 10.6. The highest BCUT2D eigenvalue weighted by molar-refractivity contribution is 9.28. The van der Waals surface area contributed by atoms with Crippen LogP contribution in [-0.2, 0) is 9.47 Å². The topological polar surface area (TPSA) is 18.5 Å². The summed E-state index contributed by atoms with van der Waals surface area (Å²) >= 11 is 6.87. The van der Waals surface area contributed by atoms with Gasteiger partial charge in [0.2, 0.25) is 0 Å². The maximum Gasteiger partial charge on any atom is 0.157 e. The Labute approximate surface area is 144 Å². The van der Waals surface area contributed by atoms with Crippen molar-refractivity contribution in [2.45, 2.75) is 44.3 Å². The summed E-state index contributed by atoms with van der Waals surface area (Å²) in [5.41, 5.74) is 1.36. The molecule has 2 atom stereocenters. The minimum Gasteiger partial charge on any atom is -0.353 e. The lowest BCUT2D eigenvalue weighted by molar-refractivity contribution is -0.163. The normalized spacial score (nSPS) is 20.0. The molecule has 1 heterocycles. The molecule has 1 aromatic carbocycles. The molecule has 0 saturated carbocycles. The van der Waals surface area contributed by atoms with Crippen LogP contribution in [0, 0.1) is 0 Å². The average Bonchev–Trinajstić information content (AvgIpc) is 2.52. The molecule has 2 nitrogen and oxygen atoms in total. The van der Waals surface area contributed by atoms with Gasteiger partial charge in [-0.15, -0.1) is 0 Å². The van der Waals surface area contributed by atoms with E-state index in [0.29, 0.717) is 5.92 Å². The Hall–Kier alpha value is -0.160. The fourth-order valence-corrected chi connectivity index (χ4v) is 2.94. The molecule has 1 saturated heterocycles. The Morgan fingerprint density at radius 1 is 1.29 bits per heavy atom. The molecule has 2 unspecified atom stereocenters. The zero-order chi connectivity index (χ0) is 14.9. The number of rotatable bonds is 7. The first-order chi connectivity index (χ1) is 10.3. The molecular weight excluding hydrogens is 396 g/mol. The molecular formula is C17H22Br2O2. The van der Waals surface area contributed by atoms with Gasteiger partial charge in [-0.2, -0.15) is 0 Å². The first kappa shape index (κ1) is 17.2. The molecule has 2 rings (SSSR count). The van der Waals surface area contributed by atoms with Crippen LogP contribution in [0.5, 0.6) is 0 Å². The largest absolute Gasteiger partial charge is 0.353 e. The molecule has 0 amide bonds. The third-order valence-electron chi connectivity index (χ3n) is 3.74. The Bertz CT molecular complexity index is 424. The fourth-order valence-electron chi connectivity index (χ4n) is 2.56. The van der Waals surface area contributed by atoms with Gasteiger partial charge in [-0.1, -0.05) is 36.4 Å². The average molecular weight is 418 g/mol. The van der Waals surface area contributed by atoms with Crippen molar-refractivity contribution in [3.05, 3.63) is 45.4 Å². The molecule has 21 heavy (non-hydrogen) atoms. The van der Waals surface area contributed by atoms with Crippen molar-refractivity contribution in [1.29, 1.82) is 0 Å². The molecule has 0 bridgehead atoms. The second kappa shape index (κ2) is 9.78. The van der Waals surface area contributed by atoms with Crippen LogP contribution in [-0.4, -0.2) is 19.5 Å². The predicted octanol–water partition coefficient (Wildman–Crippen LogP) is 5.72. The molecule has 1 fully saturated rings. The SMILES string of the molecule is BrC(Br)=CCC(CCOC1CCCCO1)c1ccccc1. The zero-order valence-corrected chi connectivity index (χ0v) is 15.3. The van der Waals surface area contributed by atoms with Crippen molar-refractivity contribution in [2.24, 2.45) is 0 Å². The van der Waals surface area contributed by atoms with E-state index in [1.165, 1.54) is 12.0 Å². The molecule has 0 aliphatic carbocycles. The van der Waals surface area contributed by atoms with Gasteiger partial charge in [0, 0.05) is 6.61 Å². The Balaban J connectivity index is 1.85. The van der Waals surface area contributed by atoms with Crippen LogP contribution in [0.2, 0.25) is 0 Å². The standard InChI is InChI=1S/C17H22Br2O2/c18-16(19)10-9-15(14-6-2-1-3-7-14)11-13-21-17-8-4-5-12-20-17/h1-3,6-7,10,15,17H,4-5,8-9,11-13H2. The summed E-state index contributed by atoms with van der Waals surface area (Å²) in [5, 5.41) is 0. The zero-order valence-electron chi connectivity index (χ0n) is 12.1. The maximum absolute atomic E-state index is 5.88. The lowest BCUT2D eigenvalue weighted by Gasteiger charge is -2.24. The monoisotopic (exact) mass is 416 g/mol. The highest BCUT2D eigenvalue weighted by Gasteiger charge is 2.16. The van der Waals surface area contributed by atoms with Gasteiger partial charge in [0.05, 0.1) is 10.00 Å². The second-order valence-corrected chi connectivity index (χ2v) is 8.07. The lowest BCUT2D eigenvalue weighted by atomic mass is 9.93. The van der Waals surface area contributed by atoms with E-state index in [4.69, 9.17) is 9.47 Å². The number of allylic oxidation sites excluding steroid dienone is 1. The van der Waals surface area contributed by atoms with Crippen LogP contribution < -0.4 is 0 Å². The predicted molar refractivity (Wildman–Crippen MR) is 93.9 cm³/mol. The van der Waals surface area contributed by atoms with Crippen molar-refractivity contribution < 1.29 is 9.47 Å². The number of ether oxygens (including phenoxy) is 2. The Kier molecular flexibility index (Phi) is 8.01. The molecule has 0 radical (unpaired) electrons. The van der Waals surface area contributed by atoms with E-state index < -0.39 is 0 Å². The van der Waals surface area contributed by atoms with Gasteiger partial charge < -0.3 is 9.47 Å². The summed E-state index contributed by atoms with van der Waals surface area (Å²) in [6.45, 7) is 1.59. The quantitative estimate of drug-likeness (QED) is 0.564. The fraction of sp³-hybridized carbons (Fsp3) is 0.529. The molecule has 116 valence electrons. The molecule has 0 spiro atoms. The highest BCUT2D eigenvalue weighted by atomic mass is 79.9. The summed E-state index contributed by atoms with van der Waals surface area (Å²) in [5.74, 6) is 0.472. The van der Waals surface area contributed by atoms with Crippen LogP contribution in [0.15, 0.2) is 39.8 Å². The third-order valence-corrected chi connectivity index (χ3v) is 4.38. The molecule has 4 heteroatoms. The van der Waals surface area contributed by atoms with E-state index in [-0.39, 0.29) is 6.29 Å².